The topological polar surface area (TPSA) is 84.9 Å². The first-order valence-electron chi connectivity index (χ1n) is 4.83. The van der Waals surface area contributed by atoms with Crippen LogP contribution < -0.4 is 5.73 Å². The lowest BCUT2D eigenvalue weighted by atomic mass is 9.96. The highest BCUT2D eigenvalue weighted by molar-refractivity contribution is 5.83. The lowest BCUT2D eigenvalue weighted by Crippen LogP contribution is -2.12. The van der Waals surface area contributed by atoms with Gasteiger partial charge in [0.05, 0.1) is 12.5 Å². The van der Waals surface area contributed by atoms with Gasteiger partial charge >= 0.3 is 6.03 Å². The predicted octanol–water partition coefficient (Wildman–Crippen LogP) is 1.89. The normalized spacial score (nSPS) is 12.6. The van der Waals surface area contributed by atoms with Crippen molar-refractivity contribution in [3.05, 3.63) is 35.9 Å². The van der Waals surface area contributed by atoms with Gasteiger partial charge in [0.15, 0.2) is 0 Å². The highest BCUT2D eigenvalue weighted by atomic mass is 16.2. The van der Waals surface area contributed by atoms with Crippen molar-refractivity contribution in [3.63, 3.8) is 0 Å². The first kappa shape index (κ1) is 12.0. The third-order valence-corrected chi connectivity index (χ3v) is 2.13. The first-order chi connectivity index (χ1) is 7.61. The van der Waals surface area contributed by atoms with Crippen LogP contribution in [-0.4, -0.2) is 18.4 Å². The van der Waals surface area contributed by atoms with Gasteiger partial charge < -0.3 is 5.73 Å². The van der Waals surface area contributed by atoms with Gasteiger partial charge in [0, 0.05) is 0 Å². The Bertz CT molecular complexity index is 401. The van der Waals surface area contributed by atoms with Crippen LogP contribution in [0.1, 0.15) is 18.4 Å². The zero-order valence-corrected chi connectivity index (χ0v) is 8.96. The second kappa shape index (κ2) is 5.75. The van der Waals surface area contributed by atoms with Crippen LogP contribution in [0.5, 0.6) is 0 Å². The molecule has 1 rings (SSSR count). The van der Waals surface area contributed by atoms with E-state index in [4.69, 9.17) is 5.73 Å². The molecule has 0 heterocycles. The number of benzene rings is 1. The first-order valence-corrected chi connectivity index (χ1v) is 4.83. The van der Waals surface area contributed by atoms with Gasteiger partial charge in [-0.2, -0.15) is 5.11 Å². The number of ketones is 1. The van der Waals surface area contributed by atoms with Gasteiger partial charge in [-0.3, -0.25) is 4.79 Å². The molecule has 0 aromatic heterocycles. The van der Waals surface area contributed by atoms with Crippen LogP contribution in [-0.2, 0) is 4.79 Å². The molecule has 0 aliphatic rings. The molecule has 0 fully saturated rings. The summed E-state index contributed by atoms with van der Waals surface area (Å²) in [6, 6.07) is 8.38. The molecule has 16 heavy (non-hydrogen) atoms. The molecule has 1 unspecified atom stereocenters. The summed E-state index contributed by atoms with van der Waals surface area (Å²) in [5, 5.41) is 6.78. The lowest BCUT2D eigenvalue weighted by Gasteiger charge is -2.10. The van der Waals surface area contributed by atoms with E-state index >= 15 is 0 Å². The number of nitrogens with two attached hydrogens (primary N) is 1. The van der Waals surface area contributed by atoms with Crippen molar-refractivity contribution in [2.45, 2.75) is 12.8 Å². The molecule has 5 nitrogen and oxygen atoms in total. The fourth-order valence-corrected chi connectivity index (χ4v) is 1.35. The fourth-order valence-electron chi connectivity index (χ4n) is 1.35. The summed E-state index contributed by atoms with van der Waals surface area (Å²) in [4.78, 5) is 21.8. The van der Waals surface area contributed by atoms with Crippen molar-refractivity contribution in [1.29, 1.82) is 0 Å². The van der Waals surface area contributed by atoms with Gasteiger partial charge in [0.25, 0.3) is 0 Å². The van der Waals surface area contributed by atoms with E-state index in [9.17, 15) is 9.59 Å². The molecule has 2 N–H and O–H groups in total. The molecule has 5 heteroatoms. The van der Waals surface area contributed by atoms with Gasteiger partial charge in [-0.25, -0.2) is 4.79 Å². The molecular weight excluding hydrogens is 206 g/mol. The van der Waals surface area contributed by atoms with Crippen molar-refractivity contribution >= 4 is 11.8 Å². The van der Waals surface area contributed by atoms with Crippen molar-refractivity contribution in [1.82, 2.24) is 0 Å². The van der Waals surface area contributed by atoms with Crippen molar-refractivity contribution in [2.75, 3.05) is 6.54 Å². The average Bonchev–Trinajstić information content (AvgIpc) is 2.25. The smallest absolute Gasteiger partial charge is 0.348 e. The number of azo groups is 1. The Hall–Kier alpha value is -2.04. The van der Waals surface area contributed by atoms with E-state index in [0.29, 0.717) is 0 Å². The van der Waals surface area contributed by atoms with Crippen LogP contribution in [0.15, 0.2) is 40.6 Å². The summed E-state index contributed by atoms with van der Waals surface area (Å²) in [5.41, 5.74) is 5.67. The van der Waals surface area contributed by atoms with Crippen LogP contribution in [0.2, 0.25) is 0 Å². The van der Waals surface area contributed by atoms with E-state index in [1.807, 2.05) is 30.3 Å². The largest absolute Gasteiger partial charge is 0.356 e. The van der Waals surface area contributed by atoms with E-state index in [1.54, 1.807) is 0 Å². The zero-order chi connectivity index (χ0) is 12.0. The van der Waals surface area contributed by atoms with E-state index in [-0.39, 0.29) is 18.2 Å². The van der Waals surface area contributed by atoms with Gasteiger partial charge in [-0.15, -0.1) is 0 Å². The lowest BCUT2D eigenvalue weighted by molar-refractivity contribution is -0.118. The summed E-state index contributed by atoms with van der Waals surface area (Å²) in [7, 11) is 0. The number of urea groups is 1. The molecule has 1 aromatic rings. The maximum atomic E-state index is 11.4. The molecule has 2 amide bonds. The quantitative estimate of drug-likeness (QED) is 0.784. The predicted molar refractivity (Wildman–Crippen MR) is 59.2 cm³/mol. The van der Waals surface area contributed by atoms with Gasteiger partial charge in [-0.1, -0.05) is 35.4 Å². The number of carbonyl (C=O) groups is 2. The van der Waals surface area contributed by atoms with Crippen LogP contribution >= 0.6 is 0 Å². The van der Waals surface area contributed by atoms with Crippen LogP contribution in [0, 0.1) is 0 Å². The minimum atomic E-state index is -0.852. The highest BCUT2D eigenvalue weighted by Crippen LogP contribution is 2.16. The van der Waals surface area contributed by atoms with Gasteiger partial charge in [0.1, 0.15) is 5.78 Å². The average molecular weight is 219 g/mol. The van der Waals surface area contributed by atoms with Crippen LogP contribution in [0.4, 0.5) is 4.79 Å². The number of Topliss-reactive ketones (excluding diaryl/α,β-unsaturated/α-hetero) is 1. The molecule has 0 saturated heterocycles. The van der Waals surface area contributed by atoms with Crippen LogP contribution in [0.25, 0.3) is 0 Å². The standard InChI is InChI=1S/C11H13N3O2/c1-8(15)10(7-13-14-11(12)16)9-5-3-2-4-6-9/h2-6,10H,7H2,1H3,(H2,12,16). The van der Waals surface area contributed by atoms with E-state index in [0.717, 1.165) is 5.56 Å². The minimum absolute atomic E-state index is 0.0189. The monoisotopic (exact) mass is 219 g/mol. The molecule has 0 spiro atoms. The molecule has 1 atom stereocenters. The van der Waals surface area contributed by atoms with Crippen molar-refractivity contribution in [3.8, 4) is 0 Å². The maximum Gasteiger partial charge on any atom is 0.356 e. The minimum Gasteiger partial charge on any atom is -0.348 e. The third kappa shape index (κ3) is 3.61. The SMILES string of the molecule is CC(=O)C(CN=NC(N)=O)c1ccccc1. The Morgan fingerprint density at radius 1 is 1.31 bits per heavy atom. The van der Waals surface area contributed by atoms with E-state index in [1.165, 1.54) is 6.92 Å². The molecule has 0 aliphatic heterocycles. The molecule has 0 bridgehead atoms. The molecule has 0 aliphatic carbocycles. The fraction of sp³-hybridized carbons (Fsp3) is 0.273. The molecule has 0 radical (unpaired) electrons. The molecule has 0 saturated carbocycles. The number of amides is 2. The summed E-state index contributed by atoms with van der Waals surface area (Å²) in [6.45, 7) is 1.62. The number of rotatable bonds is 4. The molecular formula is C11H13N3O2. The van der Waals surface area contributed by atoms with Crippen molar-refractivity contribution in [2.24, 2.45) is 16.0 Å². The van der Waals surface area contributed by atoms with Gasteiger partial charge in [0.2, 0.25) is 0 Å². The molecule has 1 aromatic carbocycles. The van der Waals surface area contributed by atoms with E-state index in [2.05, 4.69) is 10.2 Å². The number of carbonyl (C=O) groups excluding carboxylic acids is 2. The maximum absolute atomic E-state index is 11.4. The summed E-state index contributed by atoms with van der Waals surface area (Å²) >= 11 is 0. The number of hydrogen-bond donors (Lipinski definition) is 1. The summed E-state index contributed by atoms with van der Waals surface area (Å²) < 4.78 is 0. The number of primary amides is 1. The van der Waals surface area contributed by atoms with Crippen LogP contribution in [0.3, 0.4) is 0 Å². The summed E-state index contributed by atoms with van der Waals surface area (Å²) in [6.07, 6.45) is 0. The Balaban J connectivity index is 2.77. The van der Waals surface area contributed by atoms with E-state index < -0.39 is 6.03 Å². The molecule has 84 valence electrons. The second-order valence-electron chi connectivity index (χ2n) is 3.34. The van der Waals surface area contributed by atoms with Crippen molar-refractivity contribution < 1.29 is 9.59 Å². The van der Waals surface area contributed by atoms with Gasteiger partial charge in [-0.05, 0) is 12.5 Å². The highest BCUT2D eigenvalue weighted by Gasteiger charge is 2.15. The summed E-state index contributed by atoms with van der Waals surface area (Å²) in [5.74, 6) is -0.390. The Labute approximate surface area is 93.4 Å². The third-order valence-electron chi connectivity index (χ3n) is 2.13. The number of hydrogen-bond acceptors (Lipinski definition) is 3. The zero-order valence-electron chi connectivity index (χ0n) is 8.96. The Kier molecular flexibility index (Phi) is 4.32. The Morgan fingerprint density at radius 2 is 1.94 bits per heavy atom. The number of nitrogens with zero attached hydrogens (tertiary/aromatic N) is 2. The Morgan fingerprint density at radius 3 is 2.44 bits per heavy atom. The second-order valence-corrected chi connectivity index (χ2v) is 3.34.